The van der Waals surface area contributed by atoms with Gasteiger partial charge in [0.15, 0.2) is 17.7 Å². The molecule has 3 heterocycles. The van der Waals surface area contributed by atoms with Crippen molar-refractivity contribution in [1.29, 1.82) is 0 Å². The van der Waals surface area contributed by atoms with E-state index in [4.69, 9.17) is 19.3 Å². The predicted octanol–water partition coefficient (Wildman–Crippen LogP) is 6.10. The summed E-state index contributed by atoms with van der Waals surface area (Å²) in [6.45, 7) is 1.33. The third-order valence-electron chi connectivity index (χ3n) is 7.39. The highest BCUT2D eigenvalue weighted by molar-refractivity contribution is 5.80. The quantitative estimate of drug-likeness (QED) is 0.258. The average molecular weight is 527 g/mol. The molecule has 4 aromatic rings. The van der Waals surface area contributed by atoms with Gasteiger partial charge in [0.1, 0.15) is 0 Å². The number of hydrogen-bond donors (Lipinski definition) is 0. The van der Waals surface area contributed by atoms with E-state index < -0.39 is 0 Å². The van der Waals surface area contributed by atoms with E-state index in [1.54, 1.807) is 18.1 Å². The molecule has 1 saturated heterocycles. The van der Waals surface area contributed by atoms with E-state index in [1.807, 2.05) is 36.5 Å². The highest BCUT2D eigenvalue weighted by atomic mass is 16.5. The minimum Gasteiger partial charge on any atom is -0.492 e. The number of tetrazole rings is 1. The van der Waals surface area contributed by atoms with Crippen LogP contribution in [0.1, 0.15) is 56.7 Å². The zero-order chi connectivity index (χ0) is 26.4. The van der Waals surface area contributed by atoms with Crippen LogP contribution in [0.2, 0.25) is 0 Å². The average Bonchev–Trinajstić information content (AvgIpc) is 3.70. The first kappa shape index (κ1) is 25.3. The molecule has 0 spiro atoms. The molecule has 0 radical (unpaired) electrons. The largest absolute Gasteiger partial charge is 0.492 e. The van der Waals surface area contributed by atoms with Gasteiger partial charge in [-0.1, -0.05) is 24.3 Å². The minimum absolute atomic E-state index is 0.128. The molecule has 2 aliphatic rings. The van der Waals surface area contributed by atoms with Crippen molar-refractivity contribution in [1.82, 2.24) is 25.2 Å². The van der Waals surface area contributed by atoms with Crippen LogP contribution in [0.5, 0.6) is 11.5 Å². The van der Waals surface area contributed by atoms with Crippen LogP contribution in [0.15, 0.2) is 67.0 Å². The van der Waals surface area contributed by atoms with E-state index in [1.165, 1.54) is 0 Å². The summed E-state index contributed by atoms with van der Waals surface area (Å²) >= 11 is 0. The Morgan fingerprint density at radius 2 is 1.79 bits per heavy atom. The van der Waals surface area contributed by atoms with E-state index in [0.29, 0.717) is 30.5 Å². The van der Waals surface area contributed by atoms with E-state index in [0.717, 1.165) is 67.4 Å². The highest BCUT2D eigenvalue weighted by Crippen LogP contribution is 2.47. The second kappa shape index (κ2) is 11.8. The first-order chi connectivity index (χ1) is 19.3. The van der Waals surface area contributed by atoms with Crippen LogP contribution in [-0.4, -0.2) is 45.0 Å². The molecule has 1 saturated carbocycles. The molecule has 202 valence electrons. The first-order valence-corrected chi connectivity index (χ1v) is 13.8. The maximum absolute atomic E-state index is 6.76. The smallest absolute Gasteiger partial charge is 0.208 e. The fourth-order valence-electron chi connectivity index (χ4n) is 5.39. The molecule has 2 fully saturated rings. The van der Waals surface area contributed by atoms with Crippen molar-refractivity contribution in [2.45, 2.75) is 63.8 Å². The maximum Gasteiger partial charge on any atom is 0.208 e. The fourth-order valence-corrected chi connectivity index (χ4v) is 5.39. The van der Waals surface area contributed by atoms with Gasteiger partial charge in [-0.15, -0.1) is 15.0 Å². The number of methoxy groups -OCH3 is 1. The zero-order valence-corrected chi connectivity index (χ0v) is 22.3. The van der Waals surface area contributed by atoms with Crippen LogP contribution in [0.3, 0.4) is 0 Å². The standard InChI is InChI=1S/C30H34N6O3/c1-37-28-25(30-32-34-36(33-30)27-15-7-8-19-38-27)16-17-26(29(28)39-24-13-5-6-14-24)35(23-11-3-2-4-12-23)21-22-10-9-18-31-20-22/h2-4,9-12,16-18,20,24,27H,5-8,13-15,19,21H2,1H3. The van der Waals surface area contributed by atoms with Crippen molar-refractivity contribution < 1.29 is 14.2 Å². The number of benzene rings is 2. The second-order valence-corrected chi connectivity index (χ2v) is 10.1. The Hall–Kier alpha value is -3.98. The van der Waals surface area contributed by atoms with Crippen LogP contribution < -0.4 is 14.4 Å². The molecule has 0 amide bonds. The Kier molecular flexibility index (Phi) is 7.67. The number of anilines is 2. The molecule has 39 heavy (non-hydrogen) atoms. The van der Waals surface area contributed by atoms with Gasteiger partial charge in [0, 0.05) is 31.2 Å². The number of para-hydroxylation sites is 1. The third kappa shape index (κ3) is 5.59. The Labute approximate surface area is 228 Å². The zero-order valence-electron chi connectivity index (χ0n) is 22.3. The molecule has 9 heteroatoms. The number of hydrogen-bond acceptors (Lipinski definition) is 8. The Morgan fingerprint density at radius 1 is 0.949 bits per heavy atom. The Morgan fingerprint density at radius 3 is 2.54 bits per heavy atom. The lowest BCUT2D eigenvalue weighted by Gasteiger charge is -2.29. The van der Waals surface area contributed by atoms with Gasteiger partial charge in [0.25, 0.3) is 0 Å². The Balaban J connectivity index is 1.44. The molecule has 2 aromatic carbocycles. The first-order valence-electron chi connectivity index (χ1n) is 13.8. The van der Waals surface area contributed by atoms with Crippen molar-refractivity contribution in [3.05, 3.63) is 72.6 Å². The summed E-state index contributed by atoms with van der Waals surface area (Å²) in [6.07, 6.45) is 11.0. The van der Waals surface area contributed by atoms with Crippen molar-refractivity contribution in [2.75, 3.05) is 18.6 Å². The van der Waals surface area contributed by atoms with E-state index >= 15 is 0 Å². The summed E-state index contributed by atoms with van der Waals surface area (Å²) in [6, 6.07) is 18.4. The molecular formula is C30H34N6O3. The summed E-state index contributed by atoms with van der Waals surface area (Å²) in [5.74, 6) is 1.79. The van der Waals surface area contributed by atoms with Crippen LogP contribution >= 0.6 is 0 Å². The fraction of sp³-hybridized carbons (Fsp3) is 0.400. The molecule has 1 unspecified atom stereocenters. The molecule has 2 aromatic heterocycles. The lowest BCUT2D eigenvalue weighted by molar-refractivity contribution is -0.0488. The van der Waals surface area contributed by atoms with Gasteiger partial charge in [0.05, 0.1) is 24.5 Å². The third-order valence-corrected chi connectivity index (χ3v) is 7.39. The number of pyridine rings is 1. The minimum atomic E-state index is -0.187. The van der Waals surface area contributed by atoms with Gasteiger partial charge in [-0.25, -0.2) is 0 Å². The number of ether oxygens (including phenoxy) is 3. The van der Waals surface area contributed by atoms with Gasteiger partial charge in [-0.3, -0.25) is 4.98 Å². The van der Waals surface area contributed by atoms with Gasteiger partial charge >= 0.3 is 0 Å². The topological polar surface area (TPSA) is 87.4 Å². The van der Waals surface area contributed by atoms with Gasteiger partial charge in [-0.05, 0) is 86.1 Å². The molecular weight excluding hydrogens is 492 g/mol. The molecule has 0 bridgehead atoms. The van der Waals surface area contributed by atoms with Crippen molar-refractivity contribution >= 4 is 11.4 Å². The SMILES string of the molecule is COc1c(-c2nnn(C3CCCCO3)n2)ccc(N(Cc2cccnc2)c2ccccc2)c1OC1CCCC1. The number of aromatic nitrogens is 5. The van der Waals surface area contributed by atoms with E-state index in [-0.39, 0.29) is 12.3 Å². The van der Waals surface area contributed by atoms with Crippen molar-refractivity contribution in [2.24, 2.45) is 0 Å². The lowest BCUT2D eigenvalue weighted by atomic mass is 10.1. The molecule has 1 aliphatic heterocycles. The van der Waals surface area contributed by atoms with Gasteiger partial charge < -0.3 is 19.1 Å². The van der Waals surface area contributed by atoms with E-state index in [9.17, 15) is 0 Å². The van der Waals surface area contributed by atoms with Crippen LogP contribution in [0.25, 0.3) is 11.4 Å². The lowest BCUT2D eigenvalue weighted by Crippen LogP contribution is -2.20. The number of nitrogens with zero attached hydrogens (tertiary/aromatic N) is 6. The molecule has 1 aliphatic carbocycles. The molecule has 0 N–H and O–H groups in total. The van der Waals surface area contributed by atoms with Crippen LogP contribution in [0.4, 0.5) is 11.4 Å². The van der Waals surface area contributed by atoms with Crippen LogP contribution in [0, 0.1) is 0 Å². The summed E-state index contributed by atoms with van der Waals surface area (Å²) in [7, 11) is 1.67. The second-order valence-electron chi connectivity index (χ2n) is 10.1. The van der Waals surface area contributed by atoms with Crippen molar-refractivity contribution in [3.8, 4) is 22.9 Å². The van der Waals surface area contributed by atoms with Crippen LogP contribution in [-0.2, 0) is 11.3 Å². The molecule has 9 nitrogen and oxygen atoms in total. The summed E-state index contributed by atoms with van der Waals surface area (Å²) in [5.41, 5.74) is 3.80. The summed E-state index contributed by atoms with van der Waals surface area (Å²) in [4.78, 5) is 8.17. The highest BCUT2D eigenvalue weighted by Gasteiger charge is 2.28. The predicted molar refractivity (Wildman–Crippen MR) is 148 cm³/mol. The van der Waals surface area contributed by atoms with E-state index in [2.05, 4.69) is 44.5 Å². The molecule has 1 atom stereocenters. The normalized spacial score (nSPS) is 17.7. The van der Waals surface area contributed by atoms with Gasteiger partial charge in [-0.2, -0.15) is 0 Å². The summed E-state index contributed by atoms with van der Waals surface area (Å²) < 4.78 is 18.7. The van der Waals surface area contributed by atoms with Crippen molar-refractivity contribution in [3.63, 3.8) is 0 Å². The van der Waals surface area contributed by atoms with Gasteiger partial charge in [0.2, 0.25) is 5.82 Å². The molecule has 6 rings (SSSR count). The number of rotatable bonds is 9. The Bertz CT molecular complexity index is 1350. The monoisotopic (exact) mass is 526 g/mol. The maximum atomic E-state index is 6.76. The summed E-state index contributed by atoms with van der Waals surface area (Å²) in [5, 5.41) is 13.4.